The third kappa shape index (κ3) is 2.88. The molecule has 2 N–H and O–H groups in total. The molecule has 0 radical (unpaired) electrons. The smallest absolute Gasteiger partial charge is 0.343 e. The molecule has 98 valence electrons. The largest absolute Gasteiger partial charge is 0.465 e. The Bertz CT molecular complexity index is 574. The maximum absolute atomic E-state index is 11.5. The van der Waals surface area contributed by atoms with Crippen molar-refractivity contribution in [2.45, 2.75) is 13.3 Å². The number of nitrogen functional groups attached to an aromatic ring is 1. The Kier molecular flexibility index (Phi) is 3.75. The highest BCUT2D eigenvalue weighted by molar-refractivity contribution is 5.95. The second-order valence-electron chi connectivity index (χ2n) is 4.14. The number of carbonyl (C=O) groups excluding carboxylic acids is 1. The molecule has 0 aliphatic heterocycles. The van der Waals surface area contributed by atoms with Crippen molar-refractivity contribution in [1.29, 1.82) is 0 Å². The first-order chi connectivity index (χ1) is 9.11. The zero-order chi connectivity index (χ0) is 13.8. The topological polar surface area (TPSA) is 78.1 Å². The summed E-state index contributed by atoms with van der Waals surface area (Å²) in [6.45, 7) is 1.72. The maximum atomic E-state index is 11.5. The lowest BCUT2D eigenvalue weighted by Gasteiger charge is -2.08. The van der Waals surface area contributed by atoms with E-state index in [1.807, 2.05) is 30.3 Å². The van der Waals surface area contributed by atoms with Crippen LogP contribution in [0.4, 0.5) is 5.82 Å². The molecule has 0 unspecified atom stereocenters. The number of benzene rings is 1. The first-order valence-corrected chi connectivity index (χ1v) is 5.87. The van der Waals surface area contributed by atoms with E-state index in [0.717, 1.165) is 5.56 Å². The van der Waals surface area contributed by atoms with Crippen LogP contribution >= 0.6 is 0 Å². The van der Waals surface area contributed by atoms with Gasteiger partial charge >= 0.3 is 5.97 Å². The minimum atomic E-state index is -0.513. The van der Waals surface area contributed by atoms with Gasteiger partial charge in [0.1, 0.15) is 17.2 Å². The van der Waals surface area contributed by atoms with Crippen molar-refractivity contribution >= 4 is 11.8 Å². The van der Waals surface area contributed by atoms with Crippen LogP contribution in [0.25, 0.3) is 0 Å². The van der Waals surface area contributed by atoms with E-state index in [1.165, 1.54) is 7.11 Å². The van der Waals surface area contributed by atoms with Gasteiger partial charge in [-0.05, 0) is 12.5 Å². The molecule has 2 rings (SSSR count). The van der Waals surface area contributed by atoms with E-state index in [9.17, 15) is 4.79 Å². The van der Waals surface area contributed by atoms with Crippen molar-refractivity contribution in [2.75, 3.05) is 12.8 Å². The van der Waals surface area contributed by atoms with Gasteiger partial charge in [0.05, 0.1) is 12.8 Å². The summed E-state index contributed by atoms with van der Waals surface area (Å²) in [7, 11) is 1.30. The summed E-state index contributed by atoms with van der Waals surface area (Å²) in [6, 6.07) is 9.83. The first-order valence-electron chi connectivity index (χ1n) is 5.87. The van der Waals surface area contributed by atoms with Crippen LogP contribution in [-0.2, 0) is 11.2 Å². The summed E-state index contributed by atoms with van der Waals surface area (Å²) in [5, 5.41) is 0. The fraction of sp³-hybridized carbons (Fsp3) is 0.214. The van der Waals surface area contributed by atoms with E-state index < -0.39 is 5.97 Å². The molecule has 0 spiro atoms. The van der Waals surface area contributed by atoms with Crippen LogP contribution in [-0.4, -0.2) is 23.0 Å². The van der Waals surface area contributed by atoms with Crippen LogP contribution in [0.1, 0.15) is 27.4 Å². The molecule has 0 bridgehead atoms. The predicted molar refractivity (Wildman–Crippen MR) is 71.8 cm³/mol. The molecular weight excluding hydrogens is 242 g/mol. The van der Waals surface area contributed by atoms with Crippen LogP contribution in [0.2, 0.25) is 0 Å². The van der Waals surface area contributed by atoms with Crippen LogP contribution in [0.15, 0.2) is 30.3 Å². The highest BCUT2D eigenvalue weighted by atomic mass is 16.5. The molecular formula is C14H15N3O2. The minimum Gasteiger partial charge on any atom is -0.465 e. The molecule has 1 heterocycles. The zero-order valence-corrected chi connectivity index (χ0v) is 10.9. The van der Waals surface area contributed by atoms with Crippen LogP contribution < -0.4 is 5.73 Å². The molecule has 0 amide bonds. The number of carbonyl (C=O) groups is 1. The molecule has 1 aromatic carbocycles. The number of ether oxygens (including phenoxy) is 1. The number of aryl methyl sites for hydroxylation is 1. The van der Waals surface area contributed by atoms with Gasteiger partial charge in [0.25, 0.3) is 0 Å². The Morgan fingerprint density at radius 2 is 1.95 bits per heavy atom. The Morgan fingerprint density at radius 3 is 2.53 bits per heavy atom. The molecule has 0 aliphatic carbocycles. The second kappa shape index (κ2) is 5.48. The van der Waals surface area contributed by atoms with Gasteiger partial charge < -0.3 is 10.5 Å². The van der Waals surface area contributed by atoms with Gasteiger partial charge in [0, 0.05) is 6.42 Å². The fourth-order valence-electron chi connectivity index (χ4n) is 1.87. The highest BCUT2D eigenvalue weighted by Gasteiger charge is 2.17. The summed E-state index contributed by atoms with van der Waals surface area (Å²) in [4.78, 5) is 20.0. The third-order valence-corrected chi connectivity index (χ3v) is 2.76. The second-order valence-corrected chi connectivity index (χ2v) is 4.14. The Balaban J connectivity index is 2.33. The first kappa shape index (κ1) is 13.0. The molecule has 0 aliphatic rings. The number of rotatable bonds is 3. The Labute approximate surface area is 111 Å². The Morgan fingerprint density at radius 1 is 1.26 bits per heavy atom. The molecule has 0 atom stereocenters. The third-order valence-electron chi connectivity index (χ3n) is 2.76. The number of esters is 1. The molecule has 2 aromatic rings. The lowest BCUT2D eigenvalue weighted by Crippen LogP contribution is -2.13. The zero-order valence-electron chi connectivity index (χ0n) is 10.9. The lowest BCUT2D eigenvalue weighted by atomic mass is 10.1. The summed E-state index contributed by atoms with van der Waals surface area (Å²) in [5.41, 5.74) is 7.66. The number of methoxy groups -OCH3 is 1. The molecule has 0 fully saturated rings. The van der Waals surface area contributed by atoms with Crippen molar-refractivity contribution in [3.8, 4) is 0 Å². The van der Waals surface area contributed by atoms with Gasteiger partial charge in [0.15, 0.2) is 0 Å². The monoisotopic (exact) mass is 257 g/mol. The Hall–Kier alpha value is -2.43. The van der Waals surface area contributed by atoms with Crippen molar-refractivity contribution in [3.05, 3.63) is 53.0 Å². The van der Waals surface area contributed by atoms with Gasteiger partial charge in [-0.1, -0.05) is 30.3 Å². The number of hydrogen-bond acceptors (Lipinski definition) is 5. The molecule has 0 saturated heterocycles. The van der Waals surface area contributed by atoms with E-state index in [1.54, 1.807) is 6.92 Å². The average molecular weight is 257 g/mol. The number of nitrogens with zero attached hydrogens (tertiary/aromatic N) is 2. The van der Waals surface area contributed by atoms with Crippen LogP contribution in [0.3, 0.4) is 0 Å². The number of nitrogens with two attached hydrogens (primary N) is 1. The molecule has 19 heavy (non-hydrogen) atoms. The van der Waals surface area contributed by atoms with Crippen molar-refractivity contribution in [3.63, 3.8) is 0 Å². The summed E-state index contributed by atoms with van der Waals surface area (Å²) in [6.07, 6.45) is 0.577. The SMILES string of the molecule is COC(=O)c1c(C)nc(Cc2ccccc2)nc1N. The summed E-state index contributed by atoms with van der Waals surface area (Å²) >= 11 is 0. The molecule has 5 nitrogen and oxygen atoms in total. The van der Waals surface area contributed by atoms with Crippen LogP contribution in [0.5, 0.6) is 0 Å². The molecule has 5 heteroatoms. The van der Waals surface area contributed by atoms with E-state index in [-0.39, 0.29) is 11.4 Å². The van der Waals surface area contributed by atoms with Gasteiger partial charge in [-0.15, -0.1) is 0 Å². The van der Waals surface area contributed by atoms with E-state index >= 15 is 0 Å². The quantitative estimate of drug-likeness (QED) is 0.847. The van der Waals surface area contributed by atoms with Crippen molar-refractivity contribution in [1.82, 2.24) is 9.97 Å². The lowest BCUT2D eigenvalue weighted by molar-refractivity contribution is 0.0600. The van der Waals surface area contributed by atoms with E-state index in [0.29, 0.717) is 17.9 Å². The van der Waals surface area contributed by atoms with Gasteiger partial charge in [-0.25, -0.2) is 14.8 Å². The van der Waals surface area contributed by atoms with E-state index in [4.69, 9.17) is 5.73 Å². The van der Waals surface area contributed by atoms with Gasteiger partial charge in [0.2, 0.25) is 0 Å². The van der Waals surface area contributed by atoms with E-state index in [2.05, 4.69) is 14.7 Å². The van der Waals surface area contributed by atoms with Gasteiger partial charge in [-0.3, -0.25) is 0 Å². The van der Waals surface area contributed by atoms with Gasteiger partial charge in [-0.2, -0.15) is 0 Å². The number of hydrogen-bond donors (Lipinski definition) is 1. The summed E-state index contributed by atoms with van der Waals surface area (Å²) < 4.78 is 4.66. The predicted octanol–water partition coefficient (Wildman–Crippen LogP) is 1.74. The maximum Gasteiger partial charge on any atom is 0.343 e. The van der Waals surface area contributed by atoms with Crippen molar-refractivity contribution < 1.29 is 9.53 Å². The van der Waals surface area contributed by atoms with Crippen molar-refractivity contribution in [2.24, 2.45) is 0 Å². The molecule has 1 aromatic heterocycles. The fourth-order valence-corrected chi connectivity index (χ4v) is 1.87. The molecule has 0 saturated carbocycles. The highest BCUT2D eigenvalue weighted by Crippen LogP contribution is 2.16. The number of aromatic nitrogens is 2. The minimum absolute atomic E-state index is 0.158. The standard InChI is InChI=1S/C14H15N3O2/c1-9-12(14(18)19-2)13(15)17-11(16-9)8-10-6-4-3-5-7-10/h3-7H,8H2,1-2H3,(H2,15,16,17). The summed E-state index contributed by atoms with van der Waals surface area (Å²) in [5.74, 6) is 0.236. The number of anilines is 1. The average Bonchev–Trinajstić information content (AvgIpc) is 2.38. The normalized spacial score (nSPS) is 10.2. The van der Waals surface area contributed by atoms with Crippen LogP contribution in [0, 0.1) is 6.92 Å².